The standard InChI is InChI=1S/C25H24N4O/c1-18-12-14-28(15-13-18)25(30)23-16-21(19-8-4-2-5-9-19)26-24-17-22(27-29(23)24)20-10-6-3-7-11-20/h2-11,16-18H,12-15H2,1H3. The Morgan fingerprint density at radius 3 is 2.10 bits per heavy atom. The first kappa shape index (κ1) is 18.6. The van der Waals surface area contributed by atoms with E-state index < -0.39 is 0 Å². The first-order chi connectivity index (χ1) is 14.7. The zero-order chi connectivity index (χ0) is 20.5. The molecule has 1 amide bonds. The van der Waals surface area contributed by atoms with E-state index >= 15 is 0 Å². The summed E-state index contributed by atoms with van der Waals surface area (Å²) in [6.45, 7) is 3.83. The van der Waals surface area contributed by atoms with E-state index in [0.29, 0.717) is 17.3 Å². The first-order valence-corrected chi connectivity index (χ1v) is 10.5. The number of likely N-dealkylation sites (tertiary alicyclic amines) is 1. The molecule has 150 valence electrons. The van der Waals surface area contributed by atoms with E-state index in [1.807, 2.05) is 77.7 Å². The molecule has 1 fully saturated rings. The third-order valence-corrected chi connectivity index (χ3v) is 5.86. The van der Waals surface area contributed by atoms with Gasteiger partial charge in [0.25, 0.3) is 5.91 Å². The van der Waals surface area contributed by atoms with Gasteiger partial charge in [0.05, 0.1) is 11.4 Å². The molecule has 0 radical (unpaired) electrons. The van der Waals surface area contributed by atoms with Gasteiger partial charge in [-0.05, 0) is 24.8 Å². The van der Waals surface area contributed by atoms with Gasteiger partial charge in [0.15, 0.2) is 5.65 Å². The van der Waals surface area contributed by atoms with Crippen LogP contribution in [0.5, 0.6) is 0 Å². The summed E-state index contributed by atoms with van der Waals surface area (Å²) >= 11 is 0. The lowest BCUT2D eigenvalue weighted by atomic mass is 9.99. The number of carbonyl (C=O) groups is 1. The molecule has 1 aliphatic heterocycles. The van der Waals surface area contributed by atoms with Gasteiger partial charge in [0.2, 0.25) is 0 Å². The fourth-order valence-electron chi connectivity index (χ4n) is 4.01. The zero-order valence-electron chi connectivity index (χ0n) is 17.0. The normalized spacial score (nSPS) is 14.9. The smallest absolute Gasteiger partial charge is 0.272 e. The van der Waals surface area contributed by atoms with Gasteiger partial charge in [-0.25, -0.2) is 9.50 Å². The van der Waals surface area contributed by atoms with Crippen molar-refractivity contribution in [2.45, 2.75) is 19.8 Å². The topological polar surface area (TPSA) is 50.5 Å². The van der Waals surface area contributed by atoms with E-state index in [4.69, 9.17) is 10.1 Å². The van der Waals surface area contributed by atoms with Crippen LogP contribution in [0, 0.1) is 5.92 Å². The largest absolute Gasteiger partial charge is 0.337 e. The maximum atomic E-state index is 13.5. The highest BCUT2D eigenvalue weighted by atomic mass is 16.2. The maximum absolute atomic E-state index is 13.5. The van der Waals surface area contributed by atoms with Gasteiger partial charge in [-0.15, -0.1) is 0 Å². The predicted octanol–water partition coefficient (Wildman–Crippen LogP) is 4.94. The number of carbonyl (C=O) groups excluding carboxylic acids is 1. The Bertz CT molecular complexity index is 1180. The summed E-state index contributed by atoms with van der Waals surface area (Å²) in [7, 11) is 0. The van der Waals surface area contributed by atoms with Crippen LogP contribution in [0.25, 0.3) is 28.2 Å². The van der Waals surface area contributed by atoms with E-state index in [1.165, 1.54) is 0 Å². The third-order valence-electron chi connectivity index (χ3n) is 5.86. The molecule has 3 heterocycles. The summed E-state index contributed by atoms with van der Waals surface area (Å²) in [5.74, 6) is 0.690. The summed E-state index contributed by atoms with van der Waals surface area (Å²) in [5.41, 5.74) is 4.85. The lowest BCUT2D eigenvalue weighted by Crippen LogP contribution is -2.38. The Balaban J connectivity index is 1.64. The van der Waals surface area contributed by atoms with Gasteiger partial charge in [-0.3, -0.25) is 4.79 Å². The van der Waals surface area contributed by atoms with Crippen molar-refractivity contribution in [3.05, 3.63) is 78.5 Å². The molecule has 4 aromatic rings. The molecule has 0 bridgehead atoms. The molecule has 0 N–H and O–H groups in total. The summed E-state index contributed by atoms with van der Waals surface area (Å²) in [5, 5.41) is 4.76. The molecule has 0 saturated carbocycles. The van der Waals surface area contributed by atoms with Crippen LogP contribution in [-0.2, 0) is 0 Å². The van der Waals surface area contributed by atoms with Crippen molar-refractivity contribution in [3.63, 3.8) is 0 Å². The molecule has 5 nitrogen and oxygen atoms in total. The van der Waals surface area contributed by atoms with Crippen LogP contribution >= 0.6 is 0 Å². The number of aromatic nitrogens is 3. The van der Waals surface area contributed by atoms with E-state index in [1.54, 1.807) is 4.52 Å². The summed E-state index contributed by atoms with van der Waals surface area (Å²) in [6, 6.07) is 23.8. The van der Waals surface area contributed by atoms with Gasteiger partial charge < -0.3 is 4.90 Å². The Morgan fingerprint density at radius 2 is 1.47 bits per heavy atom. The summed E-state index contributed by atoms with van der Waals surface area (Å²) in [4.78, 5) is 20.3. The molecule has 5 heteroatoms. The van der Waals surface area contributed by atoms with Crippen LogP contribution < -0.4 is 0 Å². The van der Waals surface area contributed by atoms with Gasteiger partial charge in [0, 0.05) is 30.3 Å². The number of fused-ring (bicyclic) bond motifs is 1. The molecule has 0 unspecified atom stereocenters. The number of amides is 1. The molecule has 0 aliphatic carbocycles. The van der Waals surface area contributed by atoms with Crippen molar-refractivity contribution in [1.29, 1.82) is 0 Å². The number of nitrogens with zero attached hydrogens (tertiary/aromatic N) is 4. The van der Waals surface area contributed by atoms with Crippen molar-refractivity contribution in [2.24, 2.45) is 5.92 Å². The number of piperidine rings is 1. The number of benzene rings is 2. The number of hydrogen-bond donors (Lipinski definition) is 0. The Kier molecular flexibility index (Phi) is 4.79. The minimum absolute atomic E-state index is 0.0224. The van der Waals surface area contributed by atoms with Crippen LogP contribution in [0.1, 0.15) is 30.3 Å². The van der Waals surface area contributed by atoms with E-state index in [-0.39, 0.29) is 5.91 Å². The lowest BCUT2D eigenvalue weighted by Gasteiger charge is -2.30. The van der Waals surface area contributed by atoms with Crippen LogP contribution in [-0.4, -0.2) is 38.5 Å². The SMILES string of the molecule is CC1CCN(C(=O)c2cc(-c3ccccc3)nc3cc(-c4ccccc4)nn23)CC1. The fraction of sp³-hybridized carbons (Fsp3) is 0.240. The molecule has 1 aliphatic rings. The third kappa shape index (κ3) is 3.47. The first-order valence-electron chi connectivity index (χ1n) is 10.5. The van der Waals surface area contributed by atoms with Crippen molar-refractivity contribution >= 4 is 11.6 Å². The average molecular weight is 396 g/mol. The van der Waals surface area contributed by atoms with Crippen molar-refractivity contribution in [3.8, 4) is 22.5 Å². The van der Waals surface area contributed by atoms with Gasteiger partial charge in [-0.2, -0.15) is 5.10 Å². The molecule has 5 rings (SSSR count). The van der Waals surface area contributed by atoms with Gasteiger partial charge >= 0.3 is 0 Å². The van der Waals surface area contributed by atoms with Crippen LogP contribution in [0.4, 0.5) is 0 Å². The minimum atomic E-state index is 0.0224. The molecule has 0 spiro atoms. The zero-order valence-corrected chi connectivity index (χ0v) is 17.0. The van der Waals surface area contributed by atoms with Crippen LogP contribution in [0.2, 0.25) is 0 Å². The number of rotatable bonds is 3. The Hall–Kier alpha value is -3.47. The van der Waals surface area contributed by atoms with Crippen molar-refractivity contribution in [1.82, 2.24) is 19.5 Å². The summed E-state index contributed by atoms with van der Waals surface area (Å²) in [6.07, 6.45) is 2.08. The molecule has 30 heavy (non-hydrogen) atoms. The molecular weight excluding hydrogens is 372 g/mol. The second-order valence-corrected chi connectivity index (χ2v) is 8.03. The number of hydrogen-bond acceptors (Lipinski definition) is 3. The van der Waals surface area contributed by atoms with Crippen molar-refractivity contribution < 1.29 is 4.79 Å². The summed E-state index contributed by atoms with van der Waals surface area (Å²) < 4.78 is 1.70. The maximum Gasteiger partial charge on any atom is 0.272 e. The molecule has 1 saturated heterocycles. The fourth-order valence-corrected chi connectivity index (χ4v) is 4.01. The Labute approximate surface area is 176 Å². The van der Waals surface area contributed by atoms with E-state index in [2.05, 4.69) is 6.92 Å². The van der Waals surface area contributed by atoms with Crippen molar-refractivity contribution in [2.75, 3.05) is 13.1 Å². The van der Waals surface area contributed by atoms with E-state index in [9.17, 15) is 4.79 Å². The monoisotopic (exact) mass is 396 g/mol. The quantitative estimate of drug-likeness (QED) is 0.493. The average Bonchev–Trinajstić information content (AvgIpc) is 3.24. The highest BCUT2D eigenvalue weighted by Crippen LogP contribution is 2.25. The molecule has 2 aromatic carbocycles. The highest BCUT2D eigenvalue weighted by molar-refractivity contribution is 5.94. The van der Waals surface area contributed by atoms with Gasteiger partial charge in [0.1, 0.15) is 5.69 Å². The molecule has 0 atom stereocenters. The Morgan fingerprint density at radius 1 is 0.867 bits per heavy atom. The molecular formula is C25H24N4O. The van der Waals surface area contributed by atoms with Crippen LogP contribution in [0.15, 0.2) is 72.8 Å². The van der Waals surface area contributed by atoms with E-state index in [0.717, 1.165) is 48.4 Å². The van der Waals surface area contributed by atoms with Crippen LogP contribution in [0.3, 0.4) is 0 Å². The second-order valence-electron chi connectivity index (χ2n) is 8.03. The van der Waals surface area contributed by atoms with Gasteiger partial charge in [-0.1, -0.05) is 67.6 Å². The highest BCUT2D eigenvalue weighted by Gasteiger charge is 2.25. The molecule has 2 aromatic heterocycles. The lowest BCUT2D eigenvalue weighted by molar-refractivity contribution is 0.0688. The second kappa shape index (κ2) is 7.75. The minimum Gasteiger partial charge on any atom is -0.337 e. The predicted molar refractivity (Wildman–Crippen MR) is 118 cm³/mol.